The van der Waals surface area contributed by atoms with Crippen LogP contribution in [0.5, 0.6) is 5.75 Å². The van der Waals surface area contributed by atoms with E-state index in [2.05, 4.69) is 5.32 Å². The summed E-state index contributed by atoms with van der Waals surface area (Å²) in [6.45, 7) is 2.20. The third kappa shape index (κ3) is 4.22. The minimum atomic E-state index is -0.0534. The average Bonchev–Trinajstić information content (AvgIpc) is 2.46. The zero-order chi connectivity index (χ0) is 13.5. The normalized spacial score (nSPS) is 18.9. The molecule has 0 aliphatic carbocycles. The van der Waals surface area contributed by atoms with Gasteiger partial charge in [-0.25, -0.2) is 0 Å². The van der Waals surface area contributed by atoms with Gasteiger partial charge >= 0.3 is 0 Å². The van der Waals surface area contributed by atoms with Crippen molar-refractivity contribution in [2.45, 2.75) is 12.8 Å². The van der Waals surface area contributed by atoms with Gasteiger partial charge in [0, 0.05) is 24.9 Å². The number of rotatable bonds is 5. The van der Waals surface area contributed by atoms with Gasteiger partial charge in [-0.3, -0.25) is 4.79 Å². The van der Waals surface area contributed by atoms with Crippen molar-refractivity contribution < 1.29 is 14.3 Å². The van der Waals surface area contributed by atoms with Crippen molar-refractivity contribution in [1.82, 2.24) is 0 Å². The number of anilines is 1. The second-order valence-electron chi connectivity index (χ2n) is 4.57. The lowest BCUT2D eigenvalue weighted by molar-refractivity contribution is -0.123. The SMILES string of the molecule is NCCOc1cccc(NC(=O)C2CCCOC2)c1. The molecule has 0 radical (unpaired) electrons. The molecule has 1 amide bonds. The molecule has 3 N–H and O–H groups in total. The van der Waals surface area contributed by atoms with Crippen molar-refractivity contribution in [3.63, 3.8) is 0 Å². The van der Waals surface area contributed by atoms with Crippen LogP contribution >= 0.6 is 0 Å². The standard InChI is InChI=1S/C14H20N2O3/c15-6-8-19-13-5-1-4-12(9-13)16-14(17)11-3-2-7-18-10-11/h1,4-5,9,11H,2-3,6-8,10,15H2,(H,16,17). The summed E-state index contributed by atoms with van der Waals surface area (Å²) in [6, 6.07) is 7.34. The van der Waals surface area contributed by atoms with Crippen LogP contribution in [0, 0.1) is 5.92 Å². The third-order valence-corrected chi connectivity index (χ3v) is 3.02. The first-order chi connectivity index (χ1) is 9.29. The molecule has 5 nitrogen and oxygen atoms in total. The van der Waals surface area contributed by atoms with Crippen molar-refractivity contribution in [3.05, 3.63) is 24.3 Å². The summed E-state index contributed by atoms with van der Waals surface area (Å²) in [4.78, 5) is 12.0. The Bertz CT molecular complexity index is 417. The topological polar surface area (TPSA) is 73.6 Å². The Kier molecular flexibility index (Phi) is 5.18. The van der Waals surface area contributed by atoms with Crippen LogP contribution in [0.15, 0.2) is 24.3 Å². The minimum absolute atomic E-state index is 0.00988. The minimum Gasteiger partial charge on any atom is -0.492 e. The molecular weight excluding hydrogens is 244 g/mol. The Balaban J connectivity index is 1.92. The molecule has 0 bridgehead atoms. The Morgan fingerprint density at radius 1 is 1.53 bits per heavy atom. The van der Waals surface area contributed by atoms with Crippen LogP contribution in [0.25, 0.3) is 0 Å². The Labute approximate surface area is 113 Å². The maximum Gasteiger partial charge on any atom is 0.229 e. The molecule has 19 heavy (non-hydrogen) atoms. The Morgan fingerprint density at radius 2 is 2.42 bits per heavy atom. The highest BCUT2D eigenvalue weighted by Gasteiger charge is 2.21. The molecule has 0 aromatic heterocycles. The van der Waals surface area contributed by atoms with E-state index in [4.69, 9.17) is 15.2 Å². The molecule has 1 aliphatic heterocycles. The molecule has 2 rings (SSSR count). The number of nitrogens with two attached hydrogens (primary N) is 1. The van der Waals surface area contributed by atoms with Crippen molar-refractivity contribution in [2.24, 2.45) is 11.7 Å². The zero-order valence-electron chi connectivity index (χ0n) is 10.9. The predicted molar refractivity (Wildman–Crippen MR) is 73.2 cm³/mol. The quantitative estimate of drug-likeness (QED) is 0.843. The molecule has 1 heterocycles. The molecule has 1 atom stereocenters. The second-order valence-corrected chi connectivity index (χ2v) is 4.57. The van der Waals surface area contributed by atoms with Gasteiger partial charge in [-0.1, -0.05) is 6.07 Å². The molecule has 104 valence electrons. The number of hydrogen-bond acceptors (Lipinski definition) is 4. The summed E-state index contributed by atoms with van der Waals surface area (Å²) < 4.78 is 10.7. The number of ether oxygens (including phenoxy) is 2. The van der Waals surface area contributed by atoms with E-state index in [9.17, 15) is 4.79 Å². The van der Waals surface area contributed by atoms with Gasteiger partial charge in [0.2, 0.25) is 5.91 Å². The van der Waals surface area contributed by atoms with Gasteiger partial charge in [0.25, 0.3) is 0 Å². The van der Waals surface area contributed by atoms with E-state index in [1.54, 1.807) is 6.07 Å². The van der Waals surface area contributed by atoms with Crippen LogP contribution in [0.1, 0.15) is 12.8 Å². The van der Waals surface area contributed by atoms with E-state index in [-0.39, 0.29) is 11.8 Å². The van der Waals surface area contributed by atoms with Crippen LogP contribution in [0.2, 0.25) is 0 Å². The van der Waals surface area contributed by atoms with Gasteiger partial charge in [0.1, 0.15) is 12.4 Å². The molecule has 1 saturated heterocycles. The lowest BCUT2D eigenvalue weighted by atomic mass is 10.0. The van der Waals surface area contributed by atoms with Crippen molar-refractivity contribution >= 4 is 11.6 Å². The Morgan fingerprint density at radius 3 is 3.16 bits per heavy atom. The zero-order valence-corrected chi connectivity index (χ0v) is 10.9. The smallest absolute Gasteiger partial charge is 0.229 e. The van der Waals surface area contributed by atoms with Gasteiger partial charge in [0.05, 0.1) is 12.5 Å². The van der Waals surface area contributed by atoms with Crippen molar-refractivity contribution in [3.8, 4) is 5.75 Å². The van der Waals surface area contributed by atoms with Crippen LogP contribution < -0.4 is 15.8 Å². The van der Waals surface area contributed by atoms with Gasteiger partial charge in [-0.05, 0) is 25.0 Å². The molecule has 5 heteroatoms. The molecule has 0 saturated carbocycles. The lowest BCUT2D eigenvalue weighted by Gasteiger charge is -2.21. The largest absolute Gasteiger partial charge is 0.492 e. The molecule has 1 aromatic carbocycles. The maximum absolute atomic E-state index is 12.0. The second kappa shape index (κ2) is 7.11. The summed E-state index contributed by atoms with van der Waals surface area (Å²) in [6.07, 6.45) is 1.83. The van der Waals surface area contributed by atoms with Gasteiger partial charge < -0.3 is 20.5 Å². The number of amides is 1. The fraction of sp³-hybridized carbons (Fsp3) is 0.500. The first-order valence-corrected chi connectivity index (χ1v) is 6.61. The lowest BCUT2D eigenvalue weighted by Crippen LogP contribution is -2.30. The molecule has 0 spiro atoms. The summed E-state index contributed by atoms with van der Waals surface area (Å²) in [5.41, 5.74) is 6.12. The fourth-order valence-corrected chi connectivity index (χ4v) is 2.03. The summed E-state index contributed by atoms with van der Waals surface area (Å²) in [5.74, 6) is 0.668. The van der Waals surface area contributed by atoms with E-state index in [0.29, 0.717) is 25.5 Å². The van der Waals surface area contributed by atoms with Crippen molar-refractivity contribution in [2.75, 3.05) is 31.7 Å². The highest BCUT2D eigenvalue weighted by Crippen LogP contribution is 2.20. The highest BCUT2D eigenvalue weighted by molar-refractivity contribution is 5.92. The number of benzene rings is 1. The van der Waals surface area contributed by atoms with Crippen LogP contribution in [0.3, 0.4) is 0 Å². The monoisotopic (exact) mass is 264 g/mol. The van der Waals surface area contributed by atoms with Crippen LogP contribution in [-0.2, 0) is 9.53 Å². The van der Waals surface area contributed by atoms with Crippen LogP contribution in [-0.4, -0.2) is 32.3 Å². The summed E-state index contributed by atoms with van der Waals surface area (Å²) in [5, 5.41) is 2.90. The molecule has 1 aliphatic rings. The maximum atomic E-state index is 12.0. The van der Waals surface area contributed by atoms with E-state index in [1.807, 2.05) is 18.2 Å². The average molecular weight is 264 g/mol. The van der Waals surface area contributed by atoms with Crippen LogP contribution in [0.4, 0.5) is 5.69 Å². The Hall–Kier alpha value is -1.59. The molecule has 1 unspecified atom stereocenters. The van der Waals surface area contributed by atoms with Gasteiger partial charge in [0.15, 0.2) is 0 Å². The predicted octanol–water partition coefficient (Wildman–Crippen LogP) is 1.39. The number of nitrogens with one attached hydrogen (secondary N) is 1. The van der Waals surface area contributed by atoms with E-state index in [1.165, 1.54) is 0 Å². The third-order valence-electron chi connectivity index (χ3n) is 3.02. The molecular formula is C14H20N2O3. The highest BCUT2D eigenvalue weighted by atomic mass is 16.5. The van der Waals surface area contributed by atoms with E-state index >= 15 is 0 Å². The first-order valence-electron chi connectivity index (χ1n) is 6.61. The number of carbonyl (C=O) groups is 1. The van der Waals surface area contributed by atoms with E-state index < -0.39 is 0 Å². The van der Waals surface area contributed by atoms with Crippen molar-refractivity contribution in [1.29, 1.82) is 0 Å². The van der Waals surface area contributed by atoms with Gasteiger partial charge in [-0.2, -0.15) is 0 Å². The van der Waals surface area contributed by atoms with E-state index in [0.717, 1.165) is 25.1 Å². The van der Waals surface area contributed by atoms with Gasteiger partial charge in [-0.15, -0.1) is 0 Å². The molecule has 1 fully saturated rings. The number of hydrogen-bond donors (Lipinski definition) is 2. The summed E-state index contributed by atoms with van der Waals surface area (Å²) >= 11 is 0. The summed E-state index contributed by atoms with van der Waals surface area (Å²) in [7, 11) is 0. The number of carbonyl (C=O) groups excluding carboxylic acids is 1. The molecule has 1 aromatic rings. The first kappa shape index (κ1) is 13.8. The fourth-order valence-electron chi connectivity index (χ4n) is 2.03.